The maximum Gasteiger partial charge on any atom is 0.537 e. The van der Waals surface area contributed by atoms with Crippen molar-refractivity contribution in [3.8, 4) is 0 Å². The first-order chi connectivity index (χ1) is 2.27. The van der Waals surface area contributed by atoms with Crippen LogP contribution in [0.15, 0.2) is 0 Å². The van der Waals surface area contributed by atoms with Gasteiger partial charge < -0.3 is 5.11 Å². The standard InChI is InChI=1S/CH2O4.Pr/c2-1(3)5-4;/h4H,(H,2,3);. The third kappa shape index (κ3) is 8.82. The number of rotatable bonds is 0. The summed E-state index contributed by atoms with van der Waals surface area (Å²) in [6, 6.07) is 0. The summed E-state index contributed by atoms with van der Waals surface area (Å²) in [6.45, 7) is 0. The van der Waals surface area contributed by atoms with Crippen LogP contribution in [0.3, 0.4) is 0 Å². The topological polar surface area (TPSA) is 66.8 Å². The average molecular weight is 219 g/mol. The van der Waals surface area contributed by atoms with Crippen LogP contribution in [0.2, 0.25) is 0 Å². The van der Waals surface area contributed by atoms with Gasteiger partial charge in [-0.2, -0.15) is 5.26 Å². The smallest absolute Gasteiger partial charge is 0.448 e. The van der Waals surface area contributed by atoms with Gasteiger partial charge in [0, 0.05) is 41.3 Å². The van der Waals surface area contributed by atoms with E-state index in [-0.39, 0.29) is 41.3 Å². The van der Waals surface area contributed by atoms with Crippen LogP contribution >= 0.6 is 0 Å². The van der Waals surface area contributed by atoms with Crippen molar-refractivity contribution in [3.63, 3.8) is 0 Å². The molecule has 33 valence electrons. The molecule has 0 bridgehead atoms. The minimum atomic E-state index is -1.69. The molecule has 6 heavy (non-hydrogen) atoms. The fourth-order valence-corrected chi connectivity index (χ4v) is 0. The molecule has 0 saturated heterocycles. The average Bonchev–Trinajstić information content (AvgIpc) is 1.38. The Bertz CT molecular complexity index is 42.8. The van der Waals surface area contributed by atoms with Gasteiger partial charge in [-0.1, -0.05) is 0 Å². The first-order valence-corrected chi connectivity index (χ1v) is 0.814. The molecular formula is CH2O4Pr. The van der Waals surface area contributed by atoms with Gasteiger partial charge >= 0.3 is 6.16 Å². The molecule has 0 aromatic rings. The van der Waals surface area contributed by atoms with Gasteiger partial charge in [0.25, 0.3) is 0 Å². The van der Waals surface area contributed by atoms with Crippen molar-refractivity contribution >= 4 is 6.16 Å². The molecule has 0 aliphatic heterocycles. The zero-order chi connectivity index (χ0) is 4.28. The molecule has 5 heteroatoms. The molecule has 0 spiro atoms. The van der Waals surface area contributed by atoms with E-state index >= 15 is 0 Å². The summed E-state index contributed by atoms with van der Waals surface area (Å²) in [7, 11) is 0. The summed E-state index contributed by atoms with van der Waals surface area (Å²) in [5, 5.41) is 14.3. The fraction of sp³-hybridized carbons (Fsp3) is 0. The van der Waals surface area contributed by atoms with Crippen LogP contribution in [-0.2, 0) is 4.89 Å². The summed E-state index contributed by atoms with van der Waals surface area (Å²) in [5.74, 6) is 0. The van der Waals surface area contributed by atoms with E-state index in [1.807, 2.05) is 0 Å². The van der Waals surface area contributed by atoms with E-state index in [9.17, 15) is 0 Å². The molecule has 0 rings (SSSR count). The van der Waals surface area contributed by atoms with Crippen LogP contribution in [0.4, 0.5) is 4.79 Å². The molecule has 0 amide bonds. The number of hydrogen-bond donors (Lipinski definition) is 2. The largest absolute Gasteiger partial charge is 0.537 e. The summed E-state index contributed by atoms with van der Waals surface area (Å²) in [5.41, 5.74) is 0. The maximum absolute atomic E-state index is 8.90. The Morgan fingerprint density at radius 1 is 1.67 bits per heavy atom. The van der Waals surface area contributed by atoms with Crippen LogP contribution in [0.1, 0.15) is 0 Å². The van der Waals surface area contributed by atoms with Gasteiger partial charge in [0.1, 0.15) is 0 Å². The third-order valence-electron chi connectivity index (χ3n) is 0.0781. The predicted octanol–water partition coefficient (Wildman–Crippen LogP) is 0.154. The van der Waals surface area contributed by atoms with E-state index in [1.54, 1.807) is 0 Å². The minimum absolute atomic E-state index is 0. The molecule has 0 saturated carbocycles. The second kappa shape index (κ2) is 5.59. The summed E-state index contributed by atoms with van der Waals surface area (Å²) < 4.78 is 0. The van der Waals surface area contributed by atoms with Gasteiger partial charge in [-0.3, -0.25) is 4.89 Å². The third-order valence-corrected chi connectivity index (χ3v) is 0.0781. The molecule has 0 aromatic heterocycles. The van der Waals surface area contributed by atoms with E-state index < -0.39 is 6.16 Å². The predicted molar refractivity (Wildman–Crippen MR) is 11.7 cm³/mol. The van der Waals surface area contributed by atoms with Crippen LogP contribution in [0.5, 0.6) is 0 Å². The van der Waals surface area contributed by atoms with Gasteiger partial charge in [0.15, 0.2) is 0 Å². The Labute approximate surface area is 67.0 Å². The number of carboxylic acid groups (broad SMARTS) is 1. The Morgan fingerprint density at radius 2 is 1.83 bits per heavy atom. The summed E-state index contributed by atoms with van der Waals surface area (Å²) >= 11 is 0. The van der Waals surface area contributed by atoms with Crippen molar-refractivity contribution < 1.29 is 61.3 Å². The molecule has 1 radical (unpaired) electrons. The van der Waals surface area contributed by atoms with E-state index in [2.05, 4.69) is 4.89 Å². The van der Waals surface area contributed by atoms with Crippen molar-refractivity contribution in [1.82, 2.24) is 0 Å². The molecule has 4 nitrogen and oxygen atoms in total. The molecule has 0 aliphatic rings. The van der Waals surface area contributed by atoms with Crippen LogP contribution in [0, 0.1) is 41.3 Å². The summed E-state index contributed by atoms with van der Waals surface area (Å²) in [4.78, 5) is 11.6. The number of carbonyl (C=O) groups is 1. The molecular weight excluding hydrogens is 217 g/mol. The fourth-order valence-electron chi connectivity index (χ4n) is 0. The Kier molecular flexibility index (Phi) is 9.11. The van der Waals surface area contributed by atoms with Gasteiger partial charge in [-0.25, -0.2) is 4.79 Å². The molecule has 2 N–H and O–H groups in total. The van der Waals surface area contributed by atoms with Crippen LogP contribution in [-0.4, -0.2) is 16.5 Å². The normalized spacial score (nSPS) is 5.50. The van der Waals surface area contributed by atoms with Gasteiger partial charge in [0.2, 0.25) is 0 Å². The van der Waals surface area contributed by atoms with E-state index in [1.165, 1.54) is 0 Å². The Morgan fingerprint density at radius 3 is 1.83 bits per heavy atom. The second-order valence-corrected chi connectivity index (χ2v) is 0.357. The molecule has 0 heterocycles. The molecule has 0 aromatic carbocycles. The second-order valence-electron chi connectivity index (χ2n) is 0.357. The van der Waals surface area contributed by atoms with Gasteiger partial charge in [-0.15, -0.1) is 0 Å². The van der Waals surface area contributed by atoms with Crippen molar-refractivity contribution in [2.45, 2.75) is 0 Å². The number of hydrogen-bond acceptors (Lipinski definition) is 3. The SMILES string of the molecule is O=C(O)OO.[Pr]. The van der Waals surface area contributed by atoms with Crippen molar-refractivity contribution in [2.24, 2.45) is 0 Å². The van der Waals surface area contributed by atoms with Crippen molar-refractivity contribution in [2.75, 3.05) is 0 Å². The van der Waals surface area contributed by atoms with Crippen LogP contribution in [0.25, 0.3) is 0 Å². The van der Waals surface area contributed by atoms with E-state index in [0.29, 0.717) is 0 Å². The monoisotopic (exact) mass is 219 g/mol. The first kappa shape index (κ1) is 9.78. The Hall–Kier alpha value is 0.594. The van der Waals surface area contributed by atoms with Crippen LogP contribution < -0.4 is 0 Å². The minimum Gasteiger partial charge on any atom is -0.448 e. The Balaban J connectivity index is 0. The maximum atomic E-state index is 8.90. The van der Waals surface area contributed by atoms with Crippen molar-refractivity contribution in [1.29, 1.82) is 0 Å². The molecule has 0 fully saturated rings. The molecule has 0 atom stereocenters. The molecule has 0 aliphatic carbocycles. The van der Waals surface area contributed by atoms with Crippen molar-refractivity contribution in [3.05, 3.63) is 0 Å². The quantitative estimate of drug-likeness (QED) is 0.449. The van der Waals surface area contributed by atoms with E-state index in [0.717, 1.165) is 0 Å². The van der Waals surface area contributed by atoms with Gasteiger partial charge in [-0.05, 0) is 0 Å². The summed E-state index contributed by atoms with van der Waals surface area (Å²) in [6.07, 6.45) is -1.69. The van der Waals surface area contributed by atoms with E-state index in [4.69, 9.17) is 15.2 Å². The zero-order valence-corrected chi connectivity index (χ0v) is 6.49. The van der Waals surface area contributed by atoms with Gasteiger partial charge in [0.05, 0.1) is 0 Å². The molecule has 0 unspecified atom stereocenters. The zero-order valence-electron chi connectivity index (χ0n) is 2.79. The first-order valence-electron chi connectivity index (χ1n) is 0.814.